The molecule has 0 radical (unpaired) electrons. The zero-order chi connectivity index (χ0) is 24.3. The SMILES string of the molecule is COc1ccccc1CN1CCC(NC(=O)C2CCN(S(=O)(=O)c3cn(C)c(C)n3)CC2)CC1. The minimum absolute atomic E-state index is 0.0499. The van der Waals surface area contributed by atoms with Crippen LogP contribution in [-0.2, 0) is 28.4 Å². The van der Waals surface area contributed by atoms with Gasteiger partial charge in [0.05, 0.1) is 7.11 Å². The van der Waals surface area contributed by atoms with Crippen LogP contribution in [0.1, 0.15) is 37.1 Å². The van der Waals surface area contributed by atoms with Gasteiger partial charge in [-0.15, -0.1) is 0 Å². The predicted octanol–water partition coefficient (Wildman–Crippen LogP) is 1.92. The van der Waals surface area contributed by atoms with Crippen molar-refractivity contribution in [3.05, 3.63) is 41.9 Å². The normalized spacial score (nSPS) is 19.3. The number of nitrogens with one attached hydrogen (secondary N) is 1. The van der Waals surface area contributed by atoms with E-state index in [9.17, 15) is 13.2 Å². The van der Waals surface area contributed by atoms with Crippen LogP contribution in [0.2, 0.25) is 0 Å². The summed E-state index contributed by atoms with van der Waals surface area (Å²) in [4.78, 5) is 19.4. The number of sulfonamides is 1. The van der Waals surface area contributed by atoms with Gasteiger partial charge in [0.15, 0.2) is 5.03 Å². The molecule has 0 spiro atoms. The number of benzene rings is 1. The maximum absolute atomic E-state index is 12.9. The molecule has 2 fully saturated rings. The van der Waals surface area contributed by atoms with Gasteiger partial charge < -0.3 is 14.6 Å². The smallest absolute Gasteiger partial charge is 0.262 e. The van der Waals surface area contributed by atoms with Crippen LogP contribution in [0.4, 0.5) is 0 Å². The lowest BCUT2D eigenvalue weighted by molar-refractivity contribution is -0.127. The summed E-state index contributed by atoms with van der Waals surface area (Å²) in [7, 11) is -0.149. The molecule has 2 saturated heterocycles. The fourth-order valence-electron chi connectivity index (χ4n) is 4.77. The van der Waals surface area contributed by atoms with Gasteiger partial charge in [0, 0.05) is 63.5 Å². The van der Waals surface area contributed by atoms with Crippen molar-refractivity contribution in [3.63, 3.8) is 0 Å². The second-order valence-electron chi connectivity index (χ2n) is 9.29. The summed E-state index contributed by atoms with van der Waals surface area (Å²) in [6, 6.07) is 8.24. The number of aromatic nitrogens is 2. The molecule has 2 aliphatic heterocycles. The van der Waals surface area contributed by atoms with E-state index in [0.717, 1.165) is 38.2 Å². The van der Waals surface area contributed by atoms with Crippen LogP contribution < -0.4 is 10.1 Å². The lowest BCUT2D eigenvalue weighted by atomic mass is 9.95. The number of carbonyl (C=O) groups is 1. The van der Waals surface area contributed by atoms with Crippen molar-refractivity contribution in [1.82, 2.24) is 24.1 Å². The molecule has 1 amide bonds. The fourth-order valence-corrected chi connectivity index (χ4v) is 6.26. The molecule has 0 aliphatic carbocycles. The van der Waals surface area contributed by atoms with Crippen LogP contribution in [-0.4, -0.2) is 72.4 Å². The van der Waals surface area contributed by atoms with Gasteiger partial charge in [0.2, 0.25) is 5.91 Å². The number of imidazole rings is 1. The first kappa shape index (κ1) is 24.7. The Morgan fingerprint density at radius 2 is 1.79 bits per heavy atom. The second kappa shape index (κ2) is 10.5. The molecule has 1 N–H and O–H groups in total. The maximum atomic E-state index is 12.9. The molecule has 34 heavy (non-hydrogen) atoms. The molecule has 2 aromatic rings. The number of amides is 1. The summed E-state index contributed by atoms with van der Waals surface area (Å²) < 4.78 is 34.4. The molecule has 186 valence electrons. The Bertz CT molecular complexity index is 1080. The fraction of sp³-hybridized carbons (Fsp3) is 0.583. The van der Waals surface area contributed by atoms with E-state index in [1.165, 1.54) is 9.87 Å². The van der Waals surface area contributed by atoms with Crippen molar-refractivity contribution in [2.24, 2.45) is 13.0 Å². The quantitative estimate of drug-likeness (QED) is 0.638. The number of hydrogen-bond donors (Lipinski definition) is 1. The Labute approximate surface area is 202 Å². The third-order valence-electron chi connectivity index (χ3n) is 7.04. The highest BCUT2D eigenvalue weighted by molar-refractivity contribution is 7.89. The number of rotatable bonds is 7. The number of piperidine rings is 2. The summed E-state index contributed by atoms with van der Waals surface area (Å²) in [5.74, 6) is 1.46. The zero-order valence-electron chi connectivity index (χ0n) is 20.2. The Hall–Kier alpha value is -2.43. The van der Waals surface area contributed by atoms with Crippen LogP contribution in [0.5, 0.6) is 5.75 Å². The van der Waals surface area contributed by atoms with Gasteiger partial charge >= 0.3 is 0 Å². The molecule has 0 unspecified atom stereocenters. The Kier molecular flexibility index (Phi) is 7.59. The standard InChI is InChI=1S/C24H35N5O4S/c1-18-25-23(17-27(18)2)34(31,32)29-14-8-19(9-15-29)24(30)26-21-10-12-28(13-11-21)16-20-6-4-5-7-22(20)33-3/h4-7,17,19,21H,8-16H2,1-3H3,(H,26,30). The predicted molar refractivity (Wildman–Crippen MR) is 129 cm³/mol. The molecule has 0 bridgehead atoms. The second-order valence-corrected chi connectivity index (χ2v) is 11.2. The average Bonchev–Trinajstić information content (AvgIpc) is 3.19. The highest BCUT2D eigenvalue weighted by Gasteiger charge is 2.34. The first-order valence-corrected chi connectivity index (χ1v) is 13.4. The number of aryl methyl sites for hydroxylation is 2. The highest BCUT2D eigenvalue weighted by atomic mass is 32.2. The number of hydrogen-bond acceptors (Lipinski definition) is 6. The molecule has 2 aliphatic rings. The largest absolute Gasteiger partial charge is 0.496 e. The van der Waals surface area contributed by atoms with Crippen molar-refractivity contribution in [1.29, 1.82) is 0 Å². The van der Waals surface area contributed by atoms with E-state index in [1.807, 2.05) is 18.2 Å². The van der Waals surface area contributed by atoms with E-state index in [0.29, 0.717) is 31.8 Å². The number of methoxy groups -OCH3 is 1. The summed E-state index contributed by atoms with van der Waals surface area (Å²) in [5, 5.41) is 3.30. The Morgan fingerprint density at radius 1 is 1.12 bits per heavy atom. The van der Waals surface area contributed by atoms with Gasteiger partial charge in [-0.05, 0) is 38.7 Å². The van der Waals surface area contributed by atoms with Gasteiger partial charge in [-0.3, -0.25) is 9.69 Å². The Balaban J connectivity index is 1.23. The molecular formula is C24H35N5O4S. The third-order valence-corrected chi connectivity index (χ3v) is 8.81. The van der Waals surface area contributed by atoms with Crippen LogP contribution in [0.3, 0.4) is 0 Å². The molecule has 1 aromatic heterocycles. The molecule has 1 aromatic carbocycles. The summed E-state index contributed by atoms with van der Waals surface area (Å²) in [6.45, 7) is 5.14. The number of para-hydroxylation sites is 1. The molecule has 0 saturated carbocycles. The van der Waals surface area contributed by atoms with Crippen LogP contribution in [0.25, 0.3) is 0 Å². The highest BCUT2D eigenvalue weighted by Crippen LogP contribution is 2.25. The van der Waals surface area contributed by atoms with Crippen LogP contribution >= 0.6 is 0 Å². The number of carbonyl (C=O) groups excluding carboxylic acids is 1. The average molecular weight is 490 g/mol. The molecule has 9 nitrogen and oxygen atoms in total. The Morgan fingerprint density at radius 3 is 2.41 bits per heavy atom. The molecule has 4 rings (SSSR count). The van der Waals surface area contributed by atoms with Gasteiger partial charge in [-0.2, -0.15) is 4.31 Å². The monoisotopic (exact) mass is 489 g/mol. The number of nitrogens with zero attached hydrogens (tertiary/aromatic N) is 4. The van der Waals surface area contributed by atoms with E-state index in [1.54, 1.807) is 31.8 Å². The minimum atomic E-state index is -3.62. The minimum Gasteiger partial charge on any atom is -0.496 e. The third kappa shape index (κ3) is 5.45. The summed E-state index contributed by atoms with van der Waals surface area (Å²) in [5.41, 5.74) is 1.18. The van der Waals surface area contributed by atoms with Crippen molar-refractivity contribution in [3.8, 4) is 5.75 Å². The zero-order valence-corrected chi connectivity index (χ0v) is 21.1. The van der Waals surface area contributed by atoms with E-state index in [-0.39, 0.29) is 22.9 Å². The molecular weight excluding hydrogens is 454 g/mol. The first-order valence-electron chi connectivity index (χ1n) is 11.9. The van der Waals surface area contributed by atoms with Crippen LogP contribution in [0.15, 0.2) is 35.5 Å². The molecule has 3 heterocycles. The van der Waals surface area contributed by atoms with Gasteiger partial charge in [0.1, 0.15) is 11.6 Å². The van der Waals surface area contributed by atoms with E-state index in [2.05, 4.69) is 21.3 Å². The van der Waals surface area contributed by atoms with E-state index in [4.69, 9.17) is 4.74 Å². The van der Waals surface area contributed by atoms with Crippen molar-refractivity contribution < 1.29 is 17.9 Å². The van der Waals surface area contributed by atoms with Crippen LogP contribution in [0, 0.1) is 12.8 Å². The van der Waals surface area contributed by atoms with Crippen molar-refractivity contribution in [2.45, 2.75) is 50.2 Å². The van der Waals surface area contributed by atoms with E-state index < -0.39 is 10.0 Å². The first-order chi connectivity index (χ1) is 16.3. The number of ether oxygens (including phenoxy) is 1. The van der Waals surface area contributed by atoms with E-state index >= 15 is 0 Å². The lowest BCUT2D eigenvalue weighted by Crippen LogP contribution is -2.48. The molecule has 0 atom stereocenters. The van der Waals surface area contributed by atoms with Crippen molar-refractivity contribution >= 4 is 15.9 Å². The maximum Gasteiger partial charge on any atom is 0.262 e. The number of likely N-dealkylation sites (tertiary alicyclic amines) is 1. The van der Waals surface area contributed by atoms with Gasteiger partial charge in [0.25, 0.3) is 10.0 Å². The topological polar surface area (TPSA) is 96.8 Å². The lowest BCUT2D eigenvalue weighted by Gasteiger charge is -2.34. The molecule has 10 heteroatoms. The summed E-state index contributed by atoms with van der Waals surface area (Å²) >= 11 is 0. The van der Waals surface area contributed by atoms with Gasteiger partial charge in [-0.1, -0.05) is 18.2 Å². The summed E-state index contributed by atoms with van der Waals surface area (Å²) in [6.07, 6.45) is 4.43. The van der Waals surface area contributed by atoms with Crippen molar-refractivity contribution in [2.75, 3.05) is 33.3 Å². The van der Waals surface area contributed by atoms with Gasteiger partial charge in [-0.25, -0.2) is 13.4 Å².